The van der Waals surface area contributed by atoms with Gasteiger partial charge < -0.3 is 14.4 Å². The monoisotopic (exact) mass is 401 g/mol. The molecule has 10 nitrogen and oxygen atoms in total. The molecule has 29 heavy (non-hydrogen) atoms. The van der Waals surface area contributed by atoms with Crippen molar-refractivity contribution < 1.29 is 29.6 Å². The van der Waals surface area contributed by atoms with E-state index < -0.39 is 5.91 Å². The van der Waals surface area contributed by atoms with Crippen LogP contribution >= 0.6 is 0 Å². The summed E-state index contributed by atoms with van der Waals surface area (Å²) in [4.78, 5) is 27.2. The van der Waals surface area contributed by atoms with Crippen molar-refractivity contribution in [1.82, 2.24) is 10.4 Å². The first kappa shape index (κ1) is 19.0. The summed E-state index contributed by atoms with van der Waals surface area (Å²) in [7, 11) is 0. The predicted octanol–water partition coefficient (Wildman–Crippen LogP) is 1.66. The number of rotatable bonds is 5. The van der Waals surface area contributed by atoms with E-state index in [1.165, 1.54) is 17.6 Å². The van der Waals surface area contributed by atoms with Crippen LogP contribution in [0.25, 0.3) is 0 Å². The number of hydrogen-bond acceptors (Lipinski definition) is 7. The molecule has 10 heteroatoms. The lowest BCUT2D eigenvalue weighted by Gasteiger charge is -2.35. The Kier molecular flexibility index (Phi) is 5.19. The number of carbonyl (C=O) groups is 1. The Bertz CT molecular complexity index is 942. The molecule has 1 saturated heterocycles. The third-order valence-electron chi connectivity index (χ3n) is 5.10. The summed E-state index contributed by atoms with van der Waals surface area (Å²) in [6.45, 7) is 3.84. The molecule has 0 aliphatic carbocycles. The maximum absolute atomic E-state index is 11.6. The van der Waals surface area contributed by atoms with Gasteiger partial charge in [0, 0.05) is 44.4 Å². The number of benzene rings is 2. The molecule has 0 spiro atoms. The lowest BCUT2D eigenvalue weighted by atomic mass is 10.1. The van der Waals surface area contributed by atoms with Gasteiger partial charge in [-0.05, 0) is 29.8 Å². The SMILES string of the molecule is O=C(NO)c1ccc(N2CCN(Cc3ccc4c(c3)OCO4)CC2)c([N+](=O)O)c1. The van der Waals surface area contributed by atoms with Crippen LogP contribution < -0.4 is 19.9 Å². The van der Waals surface area contributed by atoms with Crippen LogP contribution in [0, 0.1) is 4.91 Å². The number of hydroxylamine groups is 1. The van der Waals surface area contributed by atoms with E-state index in [1.54, 1.807) is 6.07 Å². The normalized spacial score (nSPS) is 16.0. The summed E-state index contributed by atoms with van der Waals surface area (Å²) >= 11 is 0. The van der Waals surface area contributed by atoms with E-state index in [0.29, 0.717) is 18.8 Å². The van der Waals surface area contributed by atoms with Crippen molar-refractivity contribution in [3.05, 3.63) is 52.4 Å². The molecular formula is C19H21N4O6+. The highest BCUT2D eigenvalue weighted by molar-refractivity contribution is 5.95. The molecule has 3 N–H and O–H groups in total. The van der Waals surface area contributed by atoms with Crippen LogP contribution in [0.15, 0.2) is 36.4 Å². The fraction of sp³-hybridized carbons (Fsp3) is 0.316. The molecule has 0 saturated carbocycles. The topological polar surface area (TPSA) is 115 Å². The third-order valence-corrected chi connectivity index (χ3v) is 5.10. The Morgan fingerprint density at radius 3 is 2.55 bits per heavy atom. The minimum atomic E-state index is -0.756. The number of piperazine rings is 1. The van der Waals surface area contributed by atoms with Gasteiger partial charge in [0.25, 0.3) is 10.8 Å². The first-order valence-corrected chi connectivity index (χ1v) is 9.15. The lowest BCUT2D eigenvalue weighted by molar-refractivity contribution is -0.729. The number of ether oxygens (including phenoxy) is 2. The van der Waals surface area contributed by atoms with Gasteiger partial charge in [0.2, 0.25) is 6.79 Å². The summed E-state index contributed by atoms with van der Waals surface area (Å²) in [5.41, 5.74) is 3.19. The van der Waals surface area contributed by atoms with E-state index in [0.717, 1.165) is 36.7 Å². The summed E-state index contributed by atoms with van der Waals surface area (Å²) < 4.78 is 10.8. The van der Waals surface area contributed by atoms with Crippen LogP contribution in [-0.2, 0) is 6.54 Å². The van der Waals surface area contributed by atoms with Gasteiger partial charge in [-0.15, -0.1) is 0 Å². The van der Waals surface area contributed by atoms with Crippen molar-refractivity contribution >= 4 is 17.3 Å². The molecule has 1 amide bonds. The minimum Gasteiger partial charge on any atom is -0.454 e. The predicted molar refractivity (Wildman–Crippen MR) is 101 cm³/mol. The van der Waals surface area contributed by atoms with E-state index in [1.807, 2.05) is 23.1 Å². The highest BCUT2D eigenvalue weighted by Crippen LogP contribution is 2.33. The zero-order valence-electron chi connectivity index (χ0n) is 15.6. The van der Waals surface area contributed by atoms with Gasteiger partial charge in [0.1, 0.15) is 5.69 Å². The van der Waals surface area contributed by atoms with Gasteiger partial charge in [0.15, 0.2) is 11.5 Å². The van der Waals surface area contributed by atoms with Gasteiger partial charge in [-0.3, -0.25) is 14.9 Å². The number of carbonyl (C=O) groups excluding carboxylic acids is 1. The number of fused-ring (bicyclic) bond motifs is 1. The third kappa shape index (κ3) is 3.93. The van der Waals surface area contributed by atoms with E-state index in [9.17, 15) is 14.9 Å². The van der Waals surface area contributed by atoms with Crippen LogP contribution in [0.4, 0.5) is 11.4 Å². The van der Waals surface area contributed by atoms with E-state index in [-0.39, 0.29) is 23.0 Å². The van der Waals surface area contributed by atoms with E-state index >= 15 is 0 Å². The first-order valence-electron chi connectivity index (χ1n) is 9.15. The van der Waals surface area contributed by atoms with E-state index in [2.05, 4.69) is 4.90 Å². The second kappa shape index (κ2) is 7.94. The fourth-order valence-corrected chi connectivity index (χ4v) is 3.59. The van der Waals surface area contributed by atoms with Crippen molar-refractivity contribution in [2.45, 2.75) is 6.54 Å². The molecule has 0 unspecified atom stereocenters. The standard InChI is InChI=1S/C19H20N4O6/c24-19(20-25)14-2-3-15(16(10-14)23(26)27)22-7-5-21(6-8-22)11-13-1-4-17-18(9-13)29-12-28-17/h1-4,9-10H,5-8,11-12H2,(H2-,20,24,25,26,27)/p+1. The van der Waals surface area contributed by atoms with Crippen molar-refractivity contribution in [2.24, 2.45) is 0 Å². The Morgan fingerprint density at radius 2 is 1.83 bits per heavy atom. The van der Waals surface area contributed by atoms with Crippen LogP contribution in [-0.4, -0.2) is 59.1 Å². The average Bonchev–Trinajstić information content (AvgIpc) is 3.21. The number of nitrogens with zero attached hydrogens (tertiary/aromatic N) is 3. The maximum atomic E-state index is 11.6. The van der Waals surface area contributed by atoms with Gasteiger partial charge in [0.05, 0.1) is 4.91 Å². The van der Waals surface area contributed by atoms with Crippen LogP contribution in [0.1, 0.15) is 15.9 Å². The zero-order valence-corrected chi connectivity index (χ0v) is 15.6. The van der Waals surface area contributed by atoms with Gasteiger partial charge in [-0.25, -0.2) is 10.7 Å². The maximum Gasteiger partial charge on any atom is 0.340 e. The summed E-state index contributed by atoms with van der Waals surface area (Å²) in [5.74, 6) is 0.764. The molecular weight excluding hydrogens is 380 g/mol. The van der Waals surface area contributed by atoms with Crippen LogP contribution in [0.5, 0.6) is 11.5 Å². The van der Waals surface area contributed by atoms with E-state index in [4.69, 9.17) is 14.7 Å². The van der Waals surface area contributed by atoms with Crippen LogP contribution in [0.2, 0.25) is 0 Å². The molecule has 1 fully saturated rings. The molecule has 2 aromatic carbocycles. The minimum absolute atomic E-state index is 0.0460. The number of hydrogen-bond donors (Lipinski definition) is 3. The Labute approximate surface area is 166 Å². The molecule has 152 valence electrons. The fourth-order valence-electron chi connectivity index (χ4n) is 3.59. The molecule has 2 aliphatic rings. The van der Waals surface area contributed by atoms with Crippen LogP contribution in [0.3, 0.4) is 0 Å². The number of nitrogens with one attached hydrogen (secondary N) is 1. The summed E-state index contributed by atoms with van der Waals surface area (Å²) in [6.07, 6.45) is 0. The molecule has 2 aliphatic heterocycles. The molecule has 0 atom stereocenters. The summed E-state index contributed by atoms with van der Waals surface area (Å²) in [5, 5.41) is 18.2. The van der Waals surface area contributed by atoms with Crippen molar-refractivity contribution in [3.8, 4) is 11.5 Å². The quantitative estimate of drug-likeness (QED) is 0.512. The van der Waals surface area contributed by atoms with Gasteiger partial charge >= 0.3 is 5.69 Å². The molecule has 2 heterocycles. The molecule has 0 radical (unpaired) electrons. The van der Waals surface area contributed by atoms with Crippen molar-refractivity contribution in [3.63, 3.8) is 0 Å². The second-order valence-electron chi connectivity index (χ2n) is 6.87. The number of amides is 1. The molecule has 4 rings (SSSR count). The van der Waals surface area contributed by atoms with Gasteiger partial charge in [-0.1, -0.05) is 6.07 Å². The largest absolute Gasteiger partial charge is 0.454 e. The smallest absolute Gasteiger partial charge is 0.340 e. The molecule has 0 bridgehead atoms. The number of anilines is 1. The summed E-state index contributed by atoms with van der Waals surface area (Å²) in [6, 6.07) is 10.2. The van der Waals surface area contributed by atoms with Crippen molar-refractivity contribution in [1.29, 1.82) is 0 Å². The Balaban J connectivity index is 1.43. The first-order chi connectivity index (χ1) is 14.0. The Hall–Kier alpha value is -3.37. The zero-order chi connectivity index (χ0) is 20.4. The Morgan fingerprint density at radius 1 is 1.07 bits per heavy atom. The molecule has 0 aromatic heterocycles. The highest BCUT2D eigenvalue weighted by atomic mass is 16.7. The highest BCUT2D eigenvalue weighted by Gasteiger charge is 2.28. The second-order valence-corrected chi connectivity index (χ2v) is 6.87. The lowest BCUT2D eigenvalue weighted by Crippen LogP contribution is -2.46. The molecule has 2 aromatic rings. The average molecular weight is 401 g/mol. The van der Waals surface area contributed by atoms with Crippen molar-refractivity contribution in [2.75, 3.05) is 37.9 Å². The van der Waals surface area contributed by atoms with Gasteiger partial charge in [-0.2, -0.15) is 0 Å².